The van der Waals surface area contributed by atoms with Gasteiger partial charge in [-0.2, -0.15) is 0 Å². The SMILES string of the molecule is CC1=CC(C)=[C]([Zr+2]([C]2=CC(C)=C(C)C2)([C]2=C(C)C=C(C)C2)=[C](C)C)C1.[Cl-].[Cl-]. The normalized spacial score (nSPS) is 19.2. The van der Waals surface area contributed by atoms with Crippen molar-refractivity contribution in [2.45, 2.75) is 74.7 Å². The Morgan fingerprint density at radius 3 is 1.37 bits per heavy atom. The first kappa shape index (κ1) is 24.8. The van der Waals surface area contributed by atoms with Crippen molar-refractivity contribution < 1.29 is 44.6 Å². The molecule has 3 heteroatoms. The molecule has 0 saturated carbocycles. The monoisotopic (exact) mass is 481 g/mol. The molecule has 0 bridgehead atoms. The molecular formula is C24H33Cl2Zr. The smallest absolute Gasteiger partial charge is 1.00 e. The van der Waals surface area contributed by atoms with E-state index in [4.69, 9.17) is 0 Å². The predicted molar refractivity (Wildman–Crippen MR) is 110 cm³/mol. The molecule has 0 amide bonds. The van der Waals surface area contributed by atoms with Crippen LogP contribution in [0.5, 0.6) is 0 Å². The topological polar surface area (TPSA) is 0 Å². The number of allylic oxidation sites excluding steroid dienone is 12. The Hall–Kier alpha value is -0.227. The van der Waals surface area contributed by atoms with Crippen molar-refractivity contribution in [3.05, 3.63) is 61.5 Å². The van der Waals surface area contributed by atoms with Crippen molar-refractivity contribution >= 4 is 3.21 Å². The molecule has 0 aliphatic heterocycles. The van der Waals surface area contributed by atoms with E-state index in [1.807, 2.05) is 6.56 Å². The molecule has 3 aliphatic carbocycles. The van der Waals surface area contributed by atoms with Crippen LogP contribution in [0.25, 0.3) is 0 Å². The van der Waals surface area contributed by atoms with Crippen LogP contribution in [0, 0.1) is 0 Å². The van der Waals surface area contributed by atoms with Gasteiger partial charge >= 0.3 is 159 Å². The fourth-order valence-corrected chi connectivity index (χ4v) is 21.0. The maximum absolute atomic E-state index is 2.99. The van der Waals surface area contributed by atoms with Gasteiger partial charge in [0.1, 0.15) is 0 Å². The van der Waals surface area contributed by atoms with E-state index in [2.05, 4.69) is 73.6 Å². The molecule has 147 valence electrons. The van der Waals surface area contributed by atoms with E-state index < -0.39 is 19.8 Å². The predicted octanol–water partition coefficient (Wildman–Crippen LogP) is 1.23. The average molecular weight is 484 g/mol. The molecule has 0 nitrogen and oxygen atoms in total. The van der Waals surface area contributed by atoms with Crippen molar-refractivity contribution in [2.24, 2.45) is 0 Å². The molecule has 0 atom stereocenters. The molecule has 0 unspecified atom stereocenters. The third-order valence-electron chi connectivity index (χ3n) is 6.45. The Labute approximate surface area is 183 Å². The molecule has 0 radical (unpaired) electrons. The van der Waals surface area contributed by atoms with Crippen LogP contribution < -0.4 is 24.8 Å². The van der Waals surface area contributed by atoms with Crippen molar-refractivity contribution in [1.29, 1.82) is 0 Å². The standard InChI is InChI=1S/3C7H9.C3H6.2ClH.Zr/c2*1-6-3-4-7(2)5-6;1-6-4-3-5-7(6)2;1-3-2;;;/h2*5H,3H2,1-2H3;4H,5H2,1-2H3;1-2H3;2*1H;/q;;;;;;+2/p-2. The van der Waals surface area contributed by atoms with Gasteiger partial charge in [0.05, 0.1) is 0 Å². The van der Waals surface area contributed by atoms with E-state index in [0.29, 0.717) is 0 Å². The number of rotatable bonds is 3. The van der Waals surface area contributed by atoms with Crippen molar-refractivity contribution in [2.75, 3.05) is 0 Å². The van der Waals surface area contributed by atoms with Crippen LogP contribution in [0.4, 0.5) is 0 Å². The fraction of sp³-hybridized carbons (Fsp3) is 0.458. The van der Waals surface area contributed by atoms with Crippen LogP contribution in [0.3, 0.4) is 0 Å². The zero-order valence-electron chi connectivity index (χ0n) is 18.1. The molecule has 0 N–H and O–H groups in total. The van der Waals surface area contributed by atoms with E-state index in [1.54, 1.807) is 34.4 Å². The molecule has 0 aromatic rings. The van der Waals surface area contributed by atoms with Crippen molar-refractivity contribution in [1.82, 2.24) is 0 Å². The summed E-state index contributed by atoms with van der Waals surface area (Å²) in [5.74, 6) is 0. The minimum Gasteiger partial charge on any atom is -1.00 e. The van der Waals surface area contributed by atoms with Crippen LogP contribution in [0.1, 0.15) is 74.7 Å². The summed E-state index contributed by atoms with van der Waals surface area (Å²) in [4.78, 5) is 0. The zero-order chi connectivity index (χ0) is 18.5. The van der Waals surface area contributed by atoms with Gasteiger partial charge in [-0.25, -0.2) is 0 Å². The van der Waals surface area contributed by atoms with Crippen molar-refractivity contribution in [3.63, 3.8) is 0 Å². The average Bonchev–Trinajstić information content (AvgIpc) is 3.12. The van der Waals surface area contributed by atoms with Crippen LogP contribution >= 0.6 is 0 Å². The summed E-state index contributed by atoms with van der Waals surface area (Å²) in [6, 6.07) is 0. The van der Waals surface area contributed by atoms with Gasteiger partial charge in [0, 0.05) is 0 Å². The summed E-state index contributed by atoms with van der Waals surface area (Å²) >= 11 is -2.99. The van der Waals surface area contributed by atoms with Crippen LogP contribution in [-0.2, 0) is 19.8 Å². The maximum Gasteiger partial charge on any atom is -1.00 e. The molecule has 0 aromatic carbocycles. The summed E-state index contributed by atoms with van der Waals surface area (Å²) < 4.78 is 7.20. The number of hydrogen-bond acceptors (Lipinski definition) is 0. The van der Waals surface area contributed by atoms with Gasteiger partial charge in [0.15, 0.2) is 0 Å². The second kappa shape index (κ2) is 9.06. The quantitative estimate of drug-likeness (QED) is 0.567. The minimum absolute atomic E-state index is 0. The molecule has 3 aliphatic rings. The third kappa shape index (κ3) is 4.08. The van der Waals surface area contributed by atoms with E-state index in [-0.39, 0.29) is 24.8 Å². The Morgan fingerprint density at radius 1 is 0.667 bits per heavy atom. The van der Waals surface area contributed by atoms with Gasteiger partial charge in [0.2, 0.25) is 0 Å². The Morgan fingerprint density at radius 2 is 1.11 bits per heavy atom. The number of hydrogen-bond donors (Lipinski definition) is 0. The molecular weight excluding hydrogens is 450 g/mol. The molecule has 3 rings (SSSR count). The van der Waals surface area contributed by atoms with E-state index >= 15 is 0 Å². The first-order valence-corrected chi connectivity index (χ1v) is 14.5. The zero-order valence-corrected chi connectivity index (χ0v) is 22.1. The largest absolute Gasteiger partial charge is 1.00 e. The van der Waals surface area contributed by atoms with E-state index in [9.17, 15) is 0 Å². The summed E-state index contributed by atoms with van der Waals surface area (Å²) in [7, 11) is 0. The minimum atomic E-state index is -2.99. The summed E-state index contributed by atoms with van der Waals surface area (Å²) in [6.07, 6.45) is 11.1. The Balaban J connectivity index is 0.00000182. The third-order valence-corrected chi connectivity index (χ3v) is 20.5. The molecule has 0 fully saturated rings. The van der Waals surface area contributed by atoms with Crippen LogP contribution in [0.15, 0.2) is 61.5 Å². The van der Waals surface area contributed by atoms with Crippen LogP contribution in [0.2, 0.25) is 0 Å². The van der Waals surface area contributed by atoms with Gasteiger partial charge in [-0.3, -0.25) is 0 Å². The molecule has 0 saturated heterocycles. The first-order valence-electron chi connectivity index (χ1n) is 9.60. The maximum atomic E-state index is 2.58. The van der Waals surface area contributed by atoms with E-state index in [1.165, 1.54) is 24.8 Å². The Kier molecular flexibility index (Phi) is 8.33. The second-order valence-corrected chi connectivity index (χ2v) is 19.4. The van der Waals surface area contributed by atoms with Gasteiger partial charge in [-0.15, -0.1) is 0 Å². The molecule has 0 spiro atoms. The first-order chi connectivity index (χ1) is 11.7. The fourth-order valence-electron chi connectivity index (χ4n) is 5.30. The summed E-state index contributed by atoms with van der Waals surface area (Å²) in [6.45, 7) is 18.9. The van der Waals surface area contributed by atoms with E-state index in [0.717, 1.165) is 0 Å². The molecule has 0 heterocycles. The summed E-state index contributed by atoms with van der Waals surface area (Å²) in [5, 5.41) is 0. The van der Waals surface area contributed by atoms with Gasteiger partial charge in [-0.05, 0) is 0 Å². The second-order valence-electron chi connectivity index (χ2n) is 8.72. The van der Waals surface area contributed by atoms with Gasteiger partial charge < -0.3 is 24.8 Å². The van der Waals surface area contributed by atoms with Crippen molar-refractivity contribution in [3.8, 4) is 0 Å². The summed E-state index contributed by atoms with van der Waals surface area (Å²) in [5.41, 5.74) is 9.34. The van der Waals surface area contributed by atoms with Gasteiger partial charge in [-0.1, -0.05) is 0 Å². The van der Waals surface area contributed by atoms with Gasteiger partial charge in [0.25, 0.3) is 0 Å². The molecule has 0 aromatic heterocycles. The van der Waals surface area contributed by atoms with Crippen LogP contribution in [-0.4, -0.2) is 3.21 Å². The number of halogens is 2. The molecule has 27 heavy (non-hydrogen) atoms. The Bertz CT molecular complexity index is 849.